The number of carbonyl (C=O) groups excluding carboxylic acids is 1. The van der Waals surface area contributed by atoms with Crippen LogP contribution >= 0.6 is 22.6 Å². The van der Waals surface area contributed by atoms with Gasteiger partial charge in [0.15, 0.2) is 0 Å². The second-order valence-electron chi connectivity index (χ2n) is 3.78. The number of hydrogen-bond acceptors (Lipinski definition) is 2. The summed E-state index contributed by atoms with van der Waals surface area (Å²) in [7, 11) is 0. The molecule has 0 aliphatic carbocycles. The molecule has 0 aromatic heterocycles. The van der Waals surface area contributed by atoms with Crippen molar-refractivity contribution in [1.29, 1.82) is 0 Å². The molecule has 2 rings (SSSR count). The fraction of sp³-hybridized carbons (Fsp3) is 0.133. The third-order valence-electron chi connectivity index (χ3n) is 2.58. The molecule has 2 aromatic carbocycles. The number of benzene rings is 2. The number of rotatable bonds is 3. The molecule has 2 nitrogen and oxygen atoms in total. The predicted octanol–water partition coefficient (Wildman–Crippen LogP) is 4.13. The van der Waals surface area contributed by atoms with E-state index in [-0.39, 0.29) is 5.97 Å². The molecule has 0 spiro atoms. The summed E-state index contributed by atoms with van der Waals surface area (Å²) in [4.78, 5) is 11.5. The monoisotopic (exact) mass is 352 g/mol. The van der Waals surface area contributed by atoms with Gasteiger partial charge in [-0.15, -0.1) is 0 Å². The number of ether oxygens (including phenoxy) is 1. The molecule has 0 bridgehead atoms. The Hall–Kier alpha value is -1.36. The van der Waals surface area contributed by atoms with Crippen molar-refractivity contribution in [2.75, 3.05) is 6.61 Å². The molecule has 0 N–H and O–H groups in total. The molecule has 0 saturated carbocycles. The highest BCUT2D eigenvalue weighted by atomic mass is 127. The molecule has 0 radical (unpaired) electrons. The number of carbonyl (C=O) groups is 1. The molecule has 0 aliphatic rings. The smallest absolute Gasteiger partial charge is 0.338 e. The average molecular weight is 352 g/mol. The summed E-state index contributed by atoms with van der Waals surface area (Å²) >= 11 is 2.31. The number of esters is 1. The van der Waals surface area contributed by atoms with Crippen LogP contribution in [-0.4, -0.2) is 12.6 Å². The molecule has 92 valence electrons. The van der Waals surface area contributed by atoms with Gasteiger partial charge in [0.1, 0.15) is 0 Å². The maximum Gasteiger partial charge on any atom is 0.338 e. The van der Waals surface area contributed by atoms with Crippen LogP contribution in [0.15, 0.2) is 48.5 Å². The largest absolute Gasteiger partial charge is 0.462 e. The first-order chi connectivity index (χ1) is 8.72. The van der Waals surface area contributed by atoms with Gasteiger partial charge in [0.25, 0.3) is 0 Å². The minimum atomic E-state index is -0.271. The highest BCUT2D eigenvalue weighted by molar-refractivity contribution is 14.1. The molecule has 0 amide bonds. The van der Waals surface area contributed by atoms with Gasteiger partial charge in [-0.1, -0.05) is 30.3 Å². The Morgan fingerprint density at radius 1 is 1.11 bits per heavy atom. The van der Waals surface area contributed by atoms with E-state index in [0.29, 0.717) is 12.2 Å². The zero-order valence-electron chi connectivity index (χ0n) is 10.0. The van der Waals surface area contributed by atoms with Crippen molar-refractivity contribution >= 4 is 28.6 Å². The van der Waals surface area contributed by atoms with Crippen molar-refractivity contribution in [2.45, 2.75) is 6.92 Å². The Bertz CT molecular complexity index is 547. The van der Waals surface area contributed by atoms with Gasteiger partial charge in [-0.3, -0.25) is 0 Å². The molecule has 0 aliphatic heterocycles. The first-order valence-corrected chi connectivity index (χ1v) is 6.82. The Labute approximate surface area is 120 Å². The van der Waals surface area contributed by atoms with Gasteiger partial charge in [-0.05, 0) is 58.8 Å². The maximum absolute atomic E-state index is 11.5. The van der Waals surface area contributed by atoms with Crippen LogP contribution in [0.5, 0.6) is 0 Å². The summed E-state index contributed by atoms with van der Waals surface area (Å²) < 4.78 is 6.15. The third kappa shape index (κ3) is 2.90. The van der Waals surface area contributed by atoms with Gasteiger partial charge >= 0.3 is 5.97 Å². The quantitative estimate of drug-likeness (QED) is 0.613. The van der Waals surface area contributed by atoms with Crippen LogP contribution in [0, 0.1) is 3.57 Å². The van der Waals surface area contributed by atoms with Crippen LogP contribution in [0.2, 0.25) is 0 Å². The van der Waals surface area contributed by atoms with Gasteiger partial charge in [-0.2, -0.15) is 0 Å². The van der Waals surface area contributed by atoms with Gasteiger partial charge in [-0.25, -0.2) is 4.79 Å². The first-order valence-electron chi connectivity index (χ1n) is 5.74. The molecule has 2 aromatic rings. The molecule has 0 heterocycles. The summed E-state index contributed by atoms with van der Waals surface area (Å²) in [5.74, 6) is -0.271. The SMILES string of the molecule is CCOC(=O)c1ccc(-c2ccccc2I)cc1. The van der Waals surface area contributed by atoms with Crippen molar-refractivity contribution < 1.29 is 9.53 Å². The Balaban J connectivity index is 2.28. The Kier molecular flexibility index (Phi) is 4.36. The zero-order valence-corrected chi connectivity index (χ0v) is 12.2. The van der Waals surface area contributed by atoms with Crippen LogP contribution in [0.25, 0.3) is 11.1 Å². The minimum Gasteiger partial charge on any atom is -0.462 e. The van der Waals surface area contributed by atoms with E-state index in [4.69, 9.17) is 4.74 Å². The Morgan fingerprint density at radius 2 is 1.78 bits per heavy atom. The van der Waals surface area contributed by atoms with E-state index in [1.807, 2.05) is 24.3 Å². The van der Waals surface area contributed by atoms with E-state index in [2.05, 4.69) is 34.7 Å². The van der Waals surface area contributed by atoms with Gasteiger partial charge < -0.3 is 4.74 Å². The third-order valence-corrected chi connectivity index (χ3v) is 3.52. The lowest BCUT2D eigenvalue weighted by molar-refractivity contribution is 0.0526. The van der Waals surface area contributed by atoms with E-state index < -0.39 is 0 Å². The highest BCUT2D eigenvalue weighted by Crippen LogP contribution is 2.25. The summed E-state index contributed by atoms with van der Waals surface area (Å²) in [6.07, 6.45) is 0. The average Bonchev–Trinajstić information content (AvgIpc) is 2.40. The topological polar surface area (TPSA) is 26.3 Å². The molecule has 0 unspecified atom stereocenters. The second kappa shape index (κ2) is 6.00. The molecular weight excluding hydrogens is 339 g/mol. The maximum atomic E-state index is 11.5. The van der Waals surface area contributed by atoms with Crippen LogP contribution in [0.4, 0.5) is 0 Å². The van der Waals surface area contributed by atoms with E-state index >= 15 is 0 Å². The molecular formula is C15H13IO2. The standard InChI is InChI=1S/C15H13IO2/c1-2-18-15(17)12-9-7-11(8-10-12)13-5-3-4-6-14(13)16/h3-10H,2H2,1H3. The second-order valence-corrected chi connectivity index (χ2v) is 4.94. The molecule has 0 saturated heterocycles. The fourth-order valence-electron chi connectivity index (χ4n) is 1.70. The van der Waals surface area contributed by atoms with Crippen LogP contribution in [-0.2, 0) is 4.74 Å². The van der Waals surface area contributed by atoms with Crippen molar-refractivity contribution in [3.05, 3.63) is 57.7 Å². The van der Waals surface area contributed by atoms with Gasteiger partial charge in [0.2, 0.25) is 0 Å². The molecule has 3 heteroatoms. The van der Waals surface area contributed by atoms with E-state index in [9.17, 15) is 4.79 Å². The van der Waals surface area contributed by atoms with Crippen molar-refractivity contribution in [1.82, 2.24) is 0 Å². The highest BCUT2D eigenvalue weighted by Gasteiger charge is 2.07. The molecule has 0 atom stereocenters. The summed E-state index contributed by atoms with van der Waals surface area (Å²) in [6, 6.07) is 15.7. The zero-order chi connectivity index (χ0) is 13.0. The van der Waals surface area contributed by atoms with Crippen molar-refractivity contribution in [2.24, 2.45) is 0 Å². The lowest BCUT2D eigenvalue weighted by atomic mass is 10.0. The Morgan fingerprint density at radius 3 is 2.39 bits per heavy atom. The van der Waals surface area contributed by atoms with Crippen molar-refractivity contribution in [3.63, 3.8) is 0 Å². The molecule has 18 heavy (non-hydrogen) atoms. The van der Waals surface area contributed by atoms with Crippen LogP contribution < -0.4 is 0 Å². The van der Waals surface area contributed by atoms with Crippen LogP contribution in [0.3, 0.4) is 0 Å². The predicted molar refractivity (Wildman–Crippen MR) is 80.6 cm³/mol. The van der Waals surface area contributed by atoms with Gasteiger partial charge in [0.05, 0.1) is 12.2 Å². The van der Waals surface area contributed by atoms with E-state index in [1.165, 1.54) is 9.13 Å². The number of halogens is 1. The normalized spacial score (nSPS) is 10.1. The number of hydrogen-bond donors (Lipinski definition) is 0. The summed E-state index contributed by atoms with van der Waals surface area (Å²) in [5.41, 5.74) is 2.87. The summed E-state index contributed by atoms with van der Waals surface area (Å²) in [5, 5.41) is 0. The first kappa shape index (κ1) is 13.1. The lowest BCUT2D eigenvalue weighted by Gasteiger charge is -2.06. The van der Waals surface area contributed by atoms with E-state index in [1.54, 1.807) is 19.1 Å². The molecule has 0 fully saturated rings. The minimum absolute atomic E-state index is 0.271. The van der Waals surface area contributed by atoms with E-state index in [0.717, 1.165) is 5.56 Å². The van der Waals surface area contributed by atoms with Gasteiger partial charge in [0, 0.05) is 3.57 Å². The fourth-order valence-corrected chi connectivity index (χ4v) is 2.39. The summed E-state index contributed by atoms with van der Waals surface area (Å²) in [6.45, 7) is 2.20. The van der Waals surface area contributed by atoms with Crippen LogP contribution in [0.1, 0.15) is 17.3 Å². The lowest BCUT2D eigenvalue weighted by Crippen LogP contribution is -2.04. The van der Waals surface area contributed by atoms with Crippen molar-refractivity contribution in [3.8, 4) is 11.1 Å².